The van der Waals surface area contributed by atoms with Crippen LogP contribution in [0.15, 0.2) is 29.4 Å². The zero-order chi connectivity index (χ0) is 21.1. The normalized spacial score (nSPS) is 10.8. The van der Waals surface area contributed by atoms with Gasteiger partial charge in [-0.3, -0.25) is 9.59 Å². The zero-order valence-electron chi connectivity index (χ0n) is 16.3. The maximum Gasteiger partial charge on any atom is 0.265 e. The van der Waals surface area contributed by atoms with Crippen LogP contribution in [0.1, 0.15) is 15.4 Å². The van der Waals surface area contributed by atoms with E-state index in [1.807, 2.05) is 0 Å². The quantitative estimate of drug-likeness (QED) is 0.600. The van der Waals surface area contributed by atoms with Crippen LogP contribution in [0.5, 0.6) is 0 Å². The summed E-state index contributed by atoms with van der Waals surface area (Å²) in [6, 6.07) is 5.96. The summed E-state index contributed by atoms with van der Waals surface area (Å²) < 4.78 is 14.8. The van der Waals surface area contributed by atoms with E-state index in [2.05, 4.69) is 20.5 Å². The first kappa shape index (κ1) is 20.9. The molecule has 2 heterocycles. The summed E-state index contributed by atoms with van der Waals surface area (Å²) in [7, 11) is 5.11. The van der Waals surface area contributed by atoms with Crippen LogP contribution in [0, 0.1) is 12.7 Å². The zero-order valence-corrected chi connectivity index (χ0v) is 17.9. The molecular weight excluding hydrogens is 415 g/mol. The number of thiazole rings is 1. The lowest BCUT2D eigenvalue weighted by Gasteiger charge is -2.07. The molecule has 0 radical (unpaired) electrons. The van der Waals surface area contributed by atoms with Gasteiger partial charge in [0.25, 0.3) is 5.91 Å². The molecule has 0 fully saturated rings. The minimum absolute atomic E-state index is 0.102. The molecule has 0 atom stereocenters. The highest BCUT2D eigenvalue weighted by molar-refractivity contribution is 7.99. The lowest BCUT2D eigenvalue weighted by molar-refractivity contribution is -0.113. The van der Waals surface area contributed by atoms with Gasteiger partial charge in [-0.05, 0) is 31.2 Å². The third kappa shape index (κ3) is 4.80. The van der Waals surface area contributed by atoms with E-state index in [0.29, 0.717) is 26.7 Å². The van der Waals surface area contributed by atoms with Crippen molar-refractivity contribution in [2.24, 2.45) is 7.05 Å². The predicted octanol–water partition coefficient (Wildman–Crippen LogP) is 2.82. The highest BCUT2D eigenvalue weighted by Crippen LogP contribution is 2.25. The second kappa shape index (κ2) is 8.70. The largest absolute Gasteiger partial charge is 0.344 e. The number of anilines is 1. The van der Waals surface area contributed by atoms with Crippen molar-refractivity contribution >= 4 is 40.0 Å². The van der Waals surface area contributed by atoms with Crippen LogP contribution in [0.3, 0.4) is 0 Å². The van der Waals surface area contributed by atoms with Crippen molar-refractivity contribution in [2.75, 3.05) is 25.2 Å². The van der Waals surface area contributed by atoms with Gasteiger partial charge >= 0.3 is 0 Å². The molecule has 0 spiro atoms. The number of carbonyl (C=O) groups excluding carboxylic acids is 2. The Morgan fingerprint density at radius 2 is 1.93 bits per heavy atom. The molecule has 0 saturated heterocycles. The first-order chi connectivity index (χ1) is 13.8. The smallest absolute Gasteiger partial charge is 0.265 e. The number of rotatable bonds is 6. The predicted molar refractivity (Wildman–Crippen MR) is 111 cm³/mol. The minimum Gasteiger partial charge on any atom is -0.344 e. The number of nitrogens with zero attached hydrogens (tertiary/aromatic N) is 5. The van der Waals surface area contributed by atoms with E-state index >= 15 is 0 Å². The van der Waals surface area contributed by atoms with Crippen LogP contribution in [-0.4, -0.2) is 56.3 Å². The lowest BCUT2D eigenvalue weighted by Crippen LogP contribution is -2.21. The Bertz CT molecular complexity index is 1050. The summed E-state index contributed by atoms with van der Waals surface area (Å²) in [6.07, 6.45) is 0. The van der Waals surface area contributed by atoms with Crippen LogP contribution >= 0.6 is 23.1 Å². The monoisotopic (exact) mass is 434 g/mol. The number of carbonyl (C=O) groups is 2. The Morgan fingerprint density at radius 3 is 2.59 bits per heavy atom. The Kier molecular flexibility index (Phi) is 6.28. The fraction of sp³-hybridized carbons (Fsp3) is 0.278. The maximum absolute atomic E-state index is 13.1. The van der Waals surface area contributed by atoms with Crippen molar-refractivity contribution in [3.05, 3.63) is 40.7 Å². The second-order valence-electron chi connectivity index (χ2n) is 6.34. The summed E-state index contributed by atoms with van der Waals surface area (Å²) in [5.74, 6) is -0.0584. The van der Waals surface area contributed by atoms with E-state index < -0.39 is 0 Å². The van der Waals surface area contributed by atoms with Gasteiger partial charge in [-0.15, -0.1) is 10.2 Å². The molecule has 0 aliphatic rings. The standard InChI is InChI=1S/C18H19FN6O2S2/c1-10-14(16(27)24(2)3)29-17(20-10)21-13(26)9-28-18-23-22-15(25(18)4)11-5-7-12(19)8-6-11/h5-8H,9H2,1-4H3,(H,20,21,26). The van der Waals surface area contributed by atoms with Crippen molar-refractivity contribution in [1.82, 2.24) is 24.6 Å². The Morgan fingerprint density at radius 1 is 1.24 bits per heavy atom. The van der Waals surface area contributed by atoms with Crippen LogP contribution in [-0.2, 0) is 11.8 Å². The summed E-state index contributed by atoms with van der Waals surface area (Å²) >= 11 is 2.36. The highest BCUT2D eigenvalue weighted by atomic mass is 32.2. The summed E-state index contributed by atoms with van der Waals surface area (Å²) in [4.78, 5) is 30.6. The van der Waals surface area contributed by atoms with Gasteiger partial charge in [-0.2, -0.15) is 0 Å². The number of amides is 2. The van der Waals surface area contributed by atoms with Crippen molar-refractivity contribution in [1.29, 1.82) is 0 Å². The van der Waals surface area contributed by atoms with Crippen LogP contribution in [0.4, 0.5) is 9.52 Å². The number of thioether (sulfide) groups is 1. The van der Waals surface area contributed by atoms with E-state index in [4.69, 9.17) is 0 Å². The van der Waals surface area contributed by atoms with Crippen molar-refractivity contribution in [3.63, 3.8) is 0 Å². The van der Waals surface area contributed by atoms with Gasteiger partial charge in [-0.25, -0.2) is 9.37 Å². The molecule has 11 heteroatoms. The van der Waals surface area contributed by atoms with Crippen LogP contribution in [0.2, 0.25) is 0 Å². The average molecular weight is 435 g/mol. The summed E-state index contributed by atoms with van der Waals surface area (Å²) in [5.41, 5.74) is 1.31. The molecule has 152 valence electrons. The molecule has 0 aliphatic heterocycles. The third-order valence-electron chi connectivity index (χ3n) is 3.91. The first-order valence-electron chi connectivity index (χ1n) is 8.53. The molecule has 0 aliphatic carbocycles. The van der Waals surface area contributed by atoms with Gasteiger partial charge in [0.05, 0.1) is 11.4 Å². The van der Waals surface area contributed by atoms with Gasteiger partial charge in [0.1, 0.15) is 10.7 Å². The maximum atomic E-state index is 13.1. The van der Waals surface area contributed by atoms with Gasteiger partial charge < -0.3 is 14.8 Å². The Labute approximate surface area is 175 Å². The molecule has 1 N–H and O–H groups in total. The Hall–Kier alpha value is -2.79. The van der Waals surface area contributed by atoms with Crippen LogP contribution in [0.25, 0.3) is 11.4 Å². The summed E-state index contributed by atoms with van der Waals surface area (Å²) in [6.45, 7) is 1.73. The van der Waals surface area contributed by atoms with Gasteiger partial charge in [0.15, 0.2) is 16.1 Å². The number of hydrogen-bond donors (Lipinski definition) is 1. The minimum atomic E-state index is -0.324. The molecule has 0 bridgehead atoms. The average Bonchev–Trinajstić information content (AvgIpc) is 3.22. The third-order valence-corrected chi connectivity index (χ3v) is 5.99. The SMILES string of the molecule is Cc1nc(NC(=O)CSc2nnc(-c3ccc(F)cc3)n2C)sc1C(=O)N(C)C. The fourth-order valence-corrected chi connectivity index (χ4v) is 4.14. The molecule has 0 unspecified atom stereocenters. The van der Waals surface area contributed by atoms with E-state index in [0.717, 1.165) is 16.9 Å². The molecule has 3 rings (SSSR count). The van der Waals surface area contributed by atoms with Gasteiger partial charge in [-0.1, -0.05) is 23.1 Å². The fourth-order valence-electron chi connectivity index (χ4n) is 2.43. The van der Waals surface area contributed by atoms with Gasteiger partial charge in [0.2, 0.25) is 5.91 Å². The number of hydrogen-bond acceptors (Lipinski definition) is 7. The number of nitrogens with one attached hydrogen (secondary N) is 1. The molecule has 0 saturated carbocycles. The van der Waals surface area contributed by atoms with E-state index in [1.54, 1.807) is 44.8 Å². The molecule has 8 nitrogen and oxygen atoms in total. The van der Waals surface area contributed by atoms with Gasteiger partial charge in [0, 0.05) is 26.7 Å². The highest BCUT2D eigenvalue weighted by Gasteiger charge is 2.18. The first-order valence-corrected chi connectivity index (χ1v) is 10.3. The molecular formula is C18H19FN6O2S2. The molecule has 29 heavy (non-hydrogen) atoms. The molecule has 1 aromatic carbocycles. The van der Waals surface area contributed by atoms with E-state index in [1.165, 1.54) is 28.8 Å². The van der Waals surface area contributed by atoms with Crippen LogP contribution < -0.4 is 5.32 Å². The van der Waals surface area contributed by atoms with E-state index in [9.17, 15) is 14.0 Å². The molecule has 3 aromatic rings. The number of benzene rings is 1. The number of aromatic nitrogens is 4. The Balaban J connectivity index is 1.62. The van der Waals surface area contributed by atoms with Crippen molar-refractivity contribution in [3.8, 4) is 11.4 Å². The second-order valence-corrected chi connectivity index (χ2v) is 8.28. The topological polar surface area (TPSA) is 93.0 Å². The number of aryl methyl sites for hydroxylation is 1. The van der Waals surface area contributed by atoms with Crippen molar-refractivity contribution < 1.29 is 14.0 Å². The number of halogens is 1. The molecule has 2 aromatic heterocycles. The summed E-state index contributed by atoms with van der Waals surface area (Å²) in [5, 5.41) is 11.8. The van der Waals surface area contributed by atoms with E-state index in [-0.39, 0.29) is 23.4 Å². The molecule has 2 amide bonds. The lowest BCUT2D eigenvalue weighted by atomic mass is 10.2. The van der Waals surface area contributed by atoms with Crippen molar-refractivity contribution in [2.45, 2.75) is 12.1 Å².